The Balaban J connectivity index is 1.47. The molecule has 0 aromatic heterocycles. The molecule has 2 nitrogen and oxygen atoms in total. The van der Waals surface area contributed by atoms with Gasteiger partial charge in [-0.15, -0.1) is 0 Å². The first kappa shape index (κ1) is 16.8. The lowest BCUT2D eigenvalue weighted by Crippen LogP contribution is -2.71. The van der Waals surface area contributed by atoms with Crippen LogP contribution in [0.5, 0.6) is 0 Å². The molecule has 1 saturated carbocycles. The van der Waals surface area contributed by atoms with Gasteiger partial charge in [-0.1, -0.05) is 20.8 Å². The highest BCUT2D eigenvalue weighted by molar-refractivity contribution is 5.03. The number of nitrogens with zero attached hydrogens (tertiary/aromatic N) is 2. The molecule has 3 fully saturated rings. The van der Waals surface area contributed by atoms with E-state index in [0.717, 1.165) is 23.9 Å². The van der Waals surface area contributed by atoms with Crippen LogP contribution in [0.3, 0.4) is 0 Å². The van der Waals surface area contributed by atoms with Crippen molar-refractivity contribution in [2.24, 2.45) is 17.3 Å². The maximum Gasteiger partial charge on any atom is 0.0242 e. The third-order valence-corrected chi connectivity index (χ3v) is 6.83. The molecule has 0 radical (unpaired) electrons. The van der Waals surface area contributed by atoms with Crippen molar-refractivity contribution in [3.8, 4) is 0 Å². The van der Waals surface area contributed by atoms with Gasteiger partial charge in [-0.05, 0) is 70.1 Å². The van der Waals surface area contributed by atoms with E-state index in [9.17, 15) is 0 Å². The molecule has 2 unspecified atom stereocenters. The average Bonchev–Trinajstić information content (AvgIpc) is 2.43. The Kier molecular flexibility index (Phi) is 4.40. The van der Waals surface area contributed by atoms with Gasteiger partial charge in [0.15, 0.2) is 0 Å². The molecule has 22 heavy (non-hydrogen) atoms. The second kappa shape index (κ2) is 5.77. The molecule has 0 aromatic rings. The number of hydrogen-bond donors (Lipinski definition) is 0. The van der Waals surface area contributed by atoms with E-state index in [0.29, 0.717) is 11.0 Å². The first-order valence-corrected chi connectivity index (χ1v) is 9.65. The molecule has 2 heterocycles. The van der Waals surface area contributed by atoms with Crippen molar-refractivity contribution in [2.45, 2.75) is 91.3 Å². The Morgan fingerprint density at radius 3 is 1.82 bits per heavy atom. The summed E-state index contributed by atoms with van der Waals surface area (Å²) in [6.07, 6.45) is 7.34. The molecule has 2 aliphatic heterocycles. The summed E-state index contributed by atoms with van der Waals surface area (Å²) in [4.78, 5) is 5.57. The zero-order chi connectivity index (χ0) is 16.1. The molecule has 2 atom stereocenters. The fraction of sp³-hybridized carbons (Fsp3) is 1.00. The molecule has 0 spiro atoms. The van der Waals surface area contributed by atoms with Gasteiger partial charge in [0, 0.05) is 37.3 Å². The third kappa shape index (κ3) is 3.38. The molecule has 0 N–H and O–H groups in total. The summed E-state index contributed by atoms with van der Waals surface area (Å²) in [6, 6.07) is 1.72. The van der Waals surface area contributed by atoms with E-state index in [1.807, 2.05) is 0 Å². The minimum Gasteiger partial charge on any atom is -0.295 e. The van der Waals surface area contributed by atoms with E-state index in [4.69, 9.17) is 0 Å². The summed E-state index contributed by atoms with van der Waals surface area (Å²) >= 11 is 0. The van der Waals surface area contributed by atoms with Crippen LogP contribution in [0, 0.1) is 17.3 Å². The van der Waals surface area contributed by atoms with Gasteiger partial charge in [0.25, 0.3) is 0 Å². The quantitative estimate of drug-likeness (QED) is 0.746. The van der Waals surface area contributed by atoms with Gasteiger partial charge >= 0.3 is 0 Å². The van der Waals surface area contributed by atoms with Crippen molar-refractivity contribution in [1.82, 2.24) is 9.80 Å². The van der Waals surface area contributed by atoms with Gasteiger partial charge in [-0.2, -0.15) is 0 Å². The van der Waals surface area contributed by atoms with Gasteiger partial charge in [-0.3, -0.25) is 9.80 Å². The van der Waals surface area contributed by atoms with E-state index in [1.54, 1.807) is 0 Å². The molecular weight excluding hydrogens is 268 g/mol. The minimum absolute atomic E-state index is 0.355. The Morgan fingerprint density at radius 2 is 1.36 bits per heavy atom. The molecule has 1 aliphatic carbocycles. The van der Waals surface area contributed by atoms with E-state index in [1.165, 1.54) is 51.7 Å². The van der Waals surface area contributed by atoms with Gasteiger partial charge in [-0.25, -0.2) is 0 Å². The summed E-state index contributed by atoms with van der Waals surface area (Å²) in [5, 5.41) is 0. The maximum atomic E-state index is 2.87. The van der Waals surface area contributed by atoms with Crippen LogP contribution in [-0.2, 0) is 0 Å². The number of fused-ring (bicyclic) bond motifs is 2. The van der Waals surface area contributed by atoms with Crippen LogP contribution in [0.2, 0.25) is 0 Å². The highest BCUT2D eigenvalue weighted by Crippen LogP contribution is 2.42. The molecule has 0 amide bonds. The van der Waals surface area contributed by atoms with Crippen LogP contribution in [0.4, 0.5) is 0 Å². The summed E-state index contributed by atoms with van der Waals surface area (Å²) in [6.45, 7) is 18.4. The second-order valence-electron chi connectivity index (χ2n) is 10.4. The lowest BCUT2D eigenvalue weighted by Gasteiger charge is -2.60. The molecule has 2 bridgehead atoms. The van der Waals surface area contributed by atoms with Crippen molar-refractivity contribution in [2.75, 3.05) is 19.6 Å². The topological polar surface area (TPSA) is 6.48 Å². The first-order valence-electron chi connectivity index (χ1n) is 9.65. The average molecular weight is 307 g/mol. The van der Waals surface area contributed by atoms with Gasteiger partial charge in [0.05, 0.1) is 0 Å². The van der Waals surface area contributed by atoms with Crippen molar-refractivity contribution < 1.29 is 0 Å². The summed E-state index contributed by atoms with van der Waals surface area (Å²) in [7, 11) is 0. The summed E-state index contributed by atoms with van der Waals surface area (Å²) in [5.41, 5.74) is 0.874. The molecule has 128 valence electrons. The predicted octanol–water partition coefficient (Wildman–Crippen LogP) is 4.40. The Bertz CT molecular complexity index is 369. The van der Waals surface area contributed by atoms with Crippen LogP contribution in [0.25, 0.3) is 0 Å². The number of piperidine rings is 1. The molecule has 2 saturated heterocycles. The van der Waals surface area contributed by atoms with Crippen LogP contribution in [-0.4, -0.2) is 47.1 Å². The number of hydrogen-bond acceptors (Lipinski definition) is 2. The Morgan fingerprint density at radius 1 is 0.818 bits per heavy atom. The zero-order valence-corrected chi connectivity index (χ0v) is 15.9. The van der Waals surface area contributed by atoms with Crippen molar-refractivity contribution in [3.63, 3.8) is 0 Å². The SMILES string of the molecule is CC(C)(C)C1CCC(CN2C3CC2CN(C(C)(C)C)C3)CC1. The van der Waals surface area contributed by atoms with Gasteiger partial charge < -0.3 is 0 Å². The molecule has 3 rings (SSSR count). The molecule has 0 aromatic carbocycles. The van der Waals surface area contributed by atoms with E-state index in [-0.39, 0.29) is 0 Å². The Hall–Kier alpha value is -0.0800. The standard InChI is InChI=1S/C20H38N2/c1-19(2,3)16-9-7-15(8-10-16)12-22-17-11-18(22)14-21(13-17)20(4,5)6/h15-18H,7-14H2,1-6H3. The van der Waals surface area contributed by atoms with E-state index in [2.05, 4.69) is 51.3 Å². The normalized spacial score (nSPS) is 37.9. The summed E-state index contributed by atoms with van der Waals surface area (Å²) in [5.74, 6) is 1.93. The molecule has 2 heteroatoms. The monoisotopic (exact) mass is 306 g/mol. The summed E-state index contributed by atoms with van der Waals surface area (Å²) < 4.78 is 0. The van der Waals surface area contributed by atoms with Gasteiger partial charge in [0.2, 0.25) is 0 Å². The van der Waals surface area contributed by atoms with Crippen LogP contribution in [0.15, 0.2) is 0 Å². The number of likely N-dealkylation sites (tertiary alicyclic amines) is 2. The van der Waals surface area contributed by atoms with E-state index < -0.39 is 0 Å². The highest BCUT2D eigenvalue weighted by atomic mass is 15.4. The highest BCUT2D eigenvalue weighted by Gasteiger charge is 2.47. The minimum atomic E-state index is 0.355. The molecular formula is C20H38N2. The second-order valence-corrected chi connectivity index (χ2v) is 10.4. The Labute approximate surface area is 138 Å². The maximum absolute atomic E-state index is 2.87. The van der Waals surface area contributed by atoms with Gasteiger partial charge in [0.1, 0.15) is 0 Å². The fourth-order valence-electron chi connectivity index (χ4n) is 5.04. The van der Waals surface area contributed by atoms with Crippen LogP contribution in [0.1, 0.15) is 73.6 Å². The fourth-order valence-corrected chi connectivity index (χ4v) is 5.04. The predicted molar refractivity (Wildman–Crippen MR) is 95.1 cm³/mol. The largest absolute Gasteiger partial charge is 0.295 e. The van der Waals surface area contributed by atoms with Crippen molar-refractivity contribution in [3.05, 3.63) is 0 Å². The van der Waals surface area contributed by atoms with Crippen molar-refractivity contribution in [1.29, 1.82) is 0 Å². The first-order chi connectivity index (χ1) is 10.1. The van der Waals surface area contributed by atoms with Crippen molar-refractivity contribution >= 4 is 0 Å². The number of rotatable bonds is 2. The third-order valence-electron chi connectivity index (χ3n) is 6.83. The lowest BCUT2D eigenvalue weighted by molar-refractivity contribution is -0.104. The molecule has 3 aliphatic rings. The van der Waals surface area contributed by atoms with Crippen LogP contribution >= 0.6 is 0 Å². The lowest BCUT2D eigenvalue weighted by atomic mass is 9.69. The zero-order valence-electron chi connectivity index (χ0n) is 15.9. The smallest absolute Gasteiger partial charge is 0.0242 e. The number of piperazine rings is 1. The van der Waals surface area contributed by atoms with E-state index >= 15 is 0 Å². The van der Waals surface area contributed by atoms with Crippen LogP contribution < -0.4 is 0 Å².